The van der Waals surface area contributed by atoms with Crippen molar-refractivity contribution in [2.45, 2.75) is 13.8 Å². The molecule has 1 nitrogen and oxygen atoms in total. The van der Waals surface area contributed by atoms with Crippen LogP contribution in [0, 0.1) is 0 Å². The highest BCUT2D eigenvalue weighted by Crippen LogP contribution is 2.21. The van der Waals surface area contributed by atoms with Gasteiger partial charge >= 0.3 is 0 Å². The smallest absolute Gasteiger partial charge is 0.101 e. The molecule has 56 valence electrons. The lowest BCUT2D eigenvalue weighted by atomic mass is 10.1. The highest BCUT2D eigenvalue weighted by molar-refractivity contribution is 5.20. The molecule has 1 rings (SSSR count). The van der Waals surface area contributed by atoms with Gasteiger partial charge in [-0.25, -0.2) is 0 Å². The molecule has 0 aromatic carbocycles. The Morgan fingerprint density at radius 3 is 2.50 bits per heavy atom. The molecule has 1 aliphatic rings. The van der Waals surface area contributed by atoms with Gasteiger partial charge in [0.25, 0.3) is 0 Å². The van der Waals surface area contributed by atoms with Gasteiger partial charge in [0.2, 0.25) is 0 Å². The minimum atomic E-state index is -0.489. The number of likely N-dealkylation sites (N-methyl/N-ethyl adjacent to an activating group) is 1. The molecule has 1 heterocycles. The Morgan fingerprint density at radius 1 is 1.50 bits per heavy atom. The van der Waals surface area contributed by atoms with Crippen molar-refractivity contribution in [2.24, 2.45) is 0 Å². The summed E-state index contributed by atoms with van der Waals surface area (Å²) in [5.41, 5.74) is 1.94. The van der Waals surface area contributed by atoms with E-state index in [0.29, 0.717) is 6.54 Å². The van der Waals surface area contributed by atoms with Crippen molar-refractivity contribution in [3.05, 3.63) is 23.4 Å². The number of allylic oxidation sites excluding steroid dienone is 3. The zero-order valence-electron chi connectivity index (χ0n) is 6.69. The molecule has 0 spiro atoms. The Bertz CT molecular complexity index is 201. The third-order valence-corrected chi connectivity index (χ3v) is 1.93. The van der Waals surface area contributed by atoms with Crippen LogP contribution in [0.1, 0.15) is 13.8 Å². The van der Waals surface area contributed by atoms with Crippen LogP contribution in [0.3, 0.4) is 0 Å². The van der Waals surface area contributed by atoms with E-state index < -0.39 is 4.71 Å². The van der Waals surface area contributed by atoms with Crippen LogP contribution in [0.5, 0.6) is 0 Å². The fourth-order valence-electron chi connectivity index (χ4n) is 0.982. The van der Waals surface area contributed by atoms with Crippen LogP contribution >= 0.6 is 0 Å². The lowest BCUT2D eigenvalue weighted by molar-refractivity contribution is -1.00. The topological polar surface area (TPSA) is 0 Å². The molecule has 0 saturated carbocycles. The molecule has 0 aromatic heterocycles. The minimum absolute atomic E-state index is 0.466. The Balaban J connectivity index is 2.88. The lowest BCUT2D eigenvalue weighted by Crippen LogP contribution is -2.34. The monoisotopic (exact) mass is 142 g/mol. The molecule has 0 radical (unpaired) electrons. The maximum Gasteiger partial charge on any atom is 0.144 e. The van der Waals surface area contributed by atoms with Crippen molar-refractivity contribution in [1.82, 2.24) is 0 Å². The molecular weight excluding hydrogens is 129 g/mol. The molecule has 0 aromatic rings. The predicted molar refractivity (Wildman–Crippen MR) is 39.7 cm³/mol. The van der Waals surface area contributed by atoms with Gasteiger partial charge in [-0.1, -0.05) is 0 Å². The van der Waals surface area contributed by atoms with Crippen molar-refractivity contribution >= 4 is 0 Å². The number of hydrogen-bond donors (Lipinski definition) is 0. The predicted octanol–water partition coefficient (Wildman–Crippen LogP) is 2.18. The summed E-state index contributed by atoms with van der Waals surface area (Å²) in [6.45, 7) is 4.27. The first-order valence-electron chi connectivity index (χ1n) is 3.43. The largest absolute Gasteiger partial charge is 0.144 e. The molecule has 0 fully saturated rings. The van der Waals surface area contributed by atoms with Gasteiger partial charge in [-0.15, -0.1) is 4.71 Å². The van der Waals surface area contributed by atoms with Gasteiger partial charge in [0, 0.05) is 17.5 Å². The van der Waals surface area contributed by atoms with Gasteiger partial charge in [-0.05, 0) is 18.6 Å². The maximum atomic E-state index is 13.3. The number of halogens is 1. The summed E-state index contributed by atoms with van der Waals surface area (Å²) < 4.78 is 12.8. The Kier molecular flexibility index (Phi) is 1.65. The molecule has 2 heteroatoms. The summed E-state index contributed by atoms with van der Waals surface area (Å²) in [5, 5.41) is 0. The number of nitrogens with zero attached hydrogens (tertiary/aromatic N) is 1. The lowest BCUT2D eigenvalue weighted by Gasteiger charge is -2.22. The van der Waals surface area contributed by atoms with Gasteiger partial charge in [0.1, 0.15) is 19.3 Å². The van der Waals surface area contributed by atoms with Crippen LogP contribution in [0.25, 0.3) is 0 Å². The SMILES string of the molecule is CC1=CC[N+](C)(F)C(C)=C1. The van der Waals surface area contributed by atoms with Crippen molar-refractivity contribution in [2.75, 3.05) is 13.6 Å². The van der Waals surface area contributed by atoms with Crippen molar-refractivity contribution in [3.8, 4) is 0 Å². The normalized spacial score (nSPS) is 33.2. The van der Waals surface area contributed by atoms with Crippen LogP contribution in [0.4, 0.5) is 4.48 Å². The fraction of sp³-hybridized carbons (Fsp3) is 0.500. The second-order valence-electron chi connectivity index (χ2n) is 2.99. The summed E-state index contributed by atoms with van der Waals surface area (Å²) in [6.07, 6.45) is 3.79. The molecular formula is C8H13FN+. The van der Waals surface area contributed by atoms with Crippen molar-refractivity contribution in [1.29, 1.82) is 0 Å². The fourth-order valence-corrected chi connectivity index (χ4v) is 0.982. The molecule has 10 heavy (non-hydrogen) atoms. The Morgan fingerprint density at radius 2 is 2.10 bits per heavy atom. The van der Waals surface area contributed by atoms with E-state index in [1.54, 1.807) is 7.05 Å². The number of rotatable bonds is 0. The highest BCUT2D eigenvalue weighted by atomic mass is 19.2. The van der Waals surface area contributed by atoms with E-state index in [1.165, 1.54) is 0 Å². The van der Waals surface area contributed by atoms with Gasteiger partial charge < -0.3 is 0 Å². The van der Waals surface area contributed by atoms with E-state index in [0.717, 1.165) is 11.3 Å². The standard InChI is InChI=1S/C8H13FN/c1-7-4-5-10(3,9)8(2)6-7/h4,6H,5H2,1-3H3/q+1. The molecule has 0 aliphatic carbocycles. The van der Waals surface area contributed by atoms with Crippen LogP contribution in [0.15, 0.2) is 23.4 Å². The molecule has 1 aliphatic heterocycles. The molecule has 0 amide bonds. The zero-order valence-corrected chi connectivity index (χ0v) is 6.69. The van der Waals surface area contributed by atoms with E-state index in [9.17, 15) is 4.48 Å². The first kappa shape index (κ1) is 7.48. The molecule has 0 N–H and O–H groups in total. The summed E-state index contributed by atoms with van der Waals surface area (Å²) in [6, 6.07) is 0. The van der Waals surface area contributed by atoms with Gasteiger partial charge in [0.15, 0.2) is 0 Å². The van der Waals surface area contributed by atoms with Crippen LogP contribution < -0.4 is 0 Å². The maximum absolute atomic E-state index is 13.3. The van der Waals surface area contributed by atoms with Crippen molar-refractivity contribution in [3.63, 3.8) is 0 Å². The zero-order chi connectivity index (χ0) is 7.78. The van der Waals surface area contributed by atoms with E-state index in [2.05, 4.69) is 0 Å². The Labute approximate surface area is 61.0 Å². The molecule has 1 atom stereocenters. The quantitative estimate of drug-likeness (QED) is 0.455. The minimum Gasteiger partial charge on any atom is -0.101 e. The second kappa shape index (κ2) is 2.20. The third kappa shape index (κ3) is 1.27. The third-order valence-electron chi connectivity index (χ3n) is 1.93. The number of hydrogen-bond acceptors (Lipinski definition) is 0. The summed E-state index contributed by atoms with van der Waals surface area (Å²) in [5.74, 6) is 0. The van der Waals surface area contributed by atoms with Crippen LogP contribution in [-0.4, -0.2) is 18.3 Å². The molecule has 0 bridgehead atoms. The van der Waals surface area contributed by atoms with Crippen LogP contribution in [-0.2, 0) is 0 Å². The average molecular weight is 142 g/mol. The van der Waals surface area contributed by atoms with Gasteiger partial charge in [0.05, 0.1) is 0 Å². The van der Waals surface area contributed by atoms with E-state index >= 15 is 0 Å². The summed E-state index contributed by atoms with van der Waals surface area (Å²) in [4.78, 5) is 0. The summed E-state index contributed by atoms with van der Waals surface area (Å²) >= 11 is 0. The molecule has 0 saturated heterocycles. The first-order valence-corrected chi connectivity index (χ1v) is 3.43. The highest BCUT2D eigenvalue weighted by Gasteiger charge is 2.26. The second-order valence-corrected chi connectivity index (χ2v) is 2.99. The van der Waals surface area contributed by atoms with Crippen LogP contribution in [0.2, 0.25) is 0 Å². The first-order chi connectivity index (χ1) is 4.52. The summed E-state index contributed by atoms with van der Waals surface area (Å²) in [7, 11) is 1.56. The molecule has 1 unspecified atom stereocenters. The van der Waals surface area contributed by atoms with E-state index in [4.69, 9.17) is 0 Å². The van der Waals surface area contributed by atoms with Crippen molar-refractivity contribution < 1.29 is 9.19 Å². The van der Waals surface area contributed by atoms with E-state index in [-0.39, 0.29) is 0 Å². The van der Waals surface area contributed by atoms with E-state index in [1.807, 2.05) is 26.0 Å². The van der Waals surface area contributed by atoms with Gasteiger partial charge in [-0.2, -0.15) is 0 Å². The average Bonchev–Trinajstić information content (AvgIpc) is 1.81. The van der Waals surface area contributed by atoms with Gasteiger partial charge in [-0.3, -0.25) is 0 Å². The Hall–Kier alpha value is -0.630. The number of quaternary nitrogens is 1.